The van der Waals surface area contributed by atoms with Crippen LogP contribution in [-0.4, -0.2) is 6.54 Å². The molecule has 0 radical (unpaired) electrons. The van der Waals surface area contributed by atoms with Gasteiger partial charge in [0.25, 0.3) is 0 Å². The molecule has 1 unspecified atom stereocenters. The van der Waals surface area contributed by atoms with Gasteiger partial charge in [-0.2, -0.15) is 0 Å². The van der Waals surface area contributed by atoms with Crippen molar-refractivity contribution in [1.82, 2.24) is 0 Å². The molecule has 1 aromatic rings. The Kier molecular flexibility index (Phi) is 3.77. The molecule has 0 heterocycles. The van der Waals surface area contributed by atoms with Crippen LogP contribution in [0, 0.1) is 11.6 Å². The largest absolute Gasteiger partial charge is 0.330 e. The van der Waals surface area contributed by atoms with Crippen molar-refractivity contribution in [3.05, 3.63) is 34.4 Å². The Bertz CT molecular complexity index is 330. The minimum Gasteiger partial charge on any atom is -0.330 e. The second kappa shape index (κ2) is 4.66. The fourth-order valence-electron chi connectivity index (χ4n) is 1.12. The number of hydrogen-bond acceptors (Lipinski definition) is 1. The molecule has 0 aliphatic carbocycles. The molecular weight excluding hydrogens is 215 g/mol. The van der Waals surface area contributed by atoms with Crippen molar-refractivity contribution in [2.45, 2.75) is 12.6 Å². The van der Waals surface area contributed by atoms with Crippen LogP contribution in [-0.2, 0) is 0 Å². The third-order valence-electron chi connectivity index (χ3n) is 1.81. The van der Waals surface area contributed by atoms with E-state index < -0.39 is 23.4 Å². The summed E-state index contributed by atoms with van der Waals surface area (Å²) >= 11 is 5.39. The smallest absolute Gasteiger partial charge is 0.150 e. The molecule has 0 bridgehead atoms. The standard InChI is InChI=1S/C9H9ClF3N/c10-5-1-2-6(11)8(9(5)13)7(12)3-4-14/h1-2,7H,3-4,14H2. The summed E-state index contributed by atoms with van der Waals surface area (Å²) in [6, 6.07) is 1.98. The molecule has 2 N–H and O–H groups in total. The maximum Gasteiger partial charge on any atom is 0.150 e. The fraction of sp³-hybridized carbons (Fsp3) is 0.333. The second-order valence-electron chi connectivity index (χ2n) is 2.80. The van der Waals surface area contributed by atoms with Crippen molar-refractivity contribution in [2.75, 3.05) is 6.54 Å². The van der Waals surface area contributed by atoms with E-state index in [1.54, 1.807) is 0 Å². The lowest BCUT2D eigenvalue weighted by Crippen LogP contribution is -2.07. The predicted molar refractivity (Wildman–Crippen MR) is 48.9 cm³/mol. The molecule has 0 spiro atoms. The Morgan fingerprint density at radius 1 is 1.36 bits per heavy atom. The zero-order valence-corrected chi connectivity index (χ0v) is 7.99. The minimum atomic E-state index is -1.75. The summed E-state index contributed by atoms with van der Waals surface area (Å²) in [6.45, 7) is 0.0204. The van der Waals surface area contributed by atoms with Gasteiger partial charge >= 0.3 is 0 Å². The van der Waals surface area contributed by atoms with Crippen LogP contribution in [0.1, 0.15) is 18.2 Å². The third-order valence-corrected chi connectivity index (χ3v) is 2.10. The van der Waals surface area contributed by atoms with Crippen LogP contribution in [0.4, 0.5) is 13.2 Å². The van der Waals surface area contributed by atoms with Crippen molar-refractivity contribution in [1.29, 1.82) is 0 Å². The summed E-state index contributed by atoms with van der Waals surface area (Å²) in [5.74, 6) is -1.99. The van der Waals surface area contributed by atoms with Gasteiger partial charge in [0.05, 0.1) is 10.6 Å². The van der Waals surface area contributed by atoms with Crippen molar-refractivity contribution in [3.63, 3.8) is 0 Å². The maximum absolute atomic E-state index is 13.2. The highest BCUT2D eigenvalue weighted by Crippen LogP contribution is 2.30. The van der Waals surface area contributed by atoms with Crippen LogP contribution in [0.15, 0.2) is 12.1 Å². The van der Waals surface area contributed by atoms with Gasteiger partial charge < -0.3 is 5.73 Å². The van der Waals surface area contributed by atoms with Gasteiger partial charge in [0, 0.05) is 0 Å². The predicted octanol–water partition coefficient (Wildman–Crippen LogP) is 2.98. The van der Waals surface area contributed by atoms with E-state index in [0.717, 1.165) is 12.1 Å². The lowest BCUT2D eigenvalue weighted by Gasteiger charge is -2.10. The van der Waals surface area contributed by atoms with E-state index in [0.29, 0.717) is 0 Å². The zero-order chi connectivity index (χ0) is 10.7. The van der Waals surface area contributed by atoms with Crippen LogP contribution < -0.4 is 5.73 Å². The number of halogens is 4. The highest BCUT2D eigenvalue weighted by Gasteiger charge is 2.20. The average Bonchev–Trinajstić information content (AvgIpc) is 2.13. The van der Waals surface area contributed by atoms with Gasteiger partial charge in [-0.3, -0.25) is 0 Å². The quantitative estimate of drug-likeness (QED) is 0.784. The molecule has 1 atom stereocenters. The van der Waals surface area contributed by atoms with Gasteiger partial charge in [-0.25, -0.2) is 13.2 Å². The normalized spacial score (nSPS) is 12.9. The molecule has 0 fully saturated rings. The molecule has 14 heavy (non-hydrogen) atoms. The van der Waals surface area contributed by atoms with Gasteiger partial charge in [0.1, 0.15) is 12.0 Å². The van der Waals surface area contributed by atoms with Crippen molar-refractivity contribution in [3.8, 4) is 0 Å². The molecule has 0 aliphatic rings. The molecule has 0 saturated heterocycles. The number of nitrogens with two attached hydrogens (primary N) is 1. The second-order valence-corrected chi connectivity index (χ2v) is 3.21. The van der Waals surface area contributed by atoms with E-state index in [1.165, 1.54) is 0 Å². The highest BCUT2D eigenvalue weighted by molar-refractivity contribution is 6.30. The average molecular weight is 224 g/mol. The number of benzene rings is 1. The summed E-state index contributed by atoms with van der Waals surface area (Å²) in [7, 11) is 0. The third kappa shape index (κ3) is 2.19. The maximum atomic E-state index is 13.2. The summed E-state index contributed by atoms with van der Waals surface area (Å²) < 4.78 is 39.4. The van der Waals surface area contributed by atoms with Crippen molar-refractivity contribution >= 4 is 11.6 Å². The molecular formula is C9H9ClF3N. The first-order chi connectivity index (χ1) is 6.57. The lowest BCUT2D eigenvalue weighted by atomic mass is 10.1. The van der Waals surface area contributed by atoms with E-state index in [1.807, 2.05) is 0 Å². The number of rotatable bonds is 3. The van der Waals surface area contributed by atoms with Gasteiger partial charge in [-0.15, -0.1) is 0 Å². The summed E-state index contributed by atoms with van der Waals surface area (Å²) in [4.78, 5) is 0. The van der Waals surface area contributed by atoms with E-state index >= 15 is 0 Å². The SMILES string of the molecule is NCCC(F)c1c(F)ccc(Cl)c1F. The molecule has 1 aromatic carbocycles. The van der Waals surface area contributed by atoms with E-state index in [9.17, 15) is 13.2 Å². The van der Waals surface area contributed by atoms with Gasteiger partial charge in [-0.05, 0) is 25.1 Å². The Morgan fingerprint density at radius 3 is 2.57 bits per heavy atom. The molecule has 1 rings (SSSR count). The van der Waals surface area contributed by atoms with Crippen molar-refractivity contribution < 1.29 is 13.2 Å². The Hall–Kier alpha value is -0.740. The number of alkyl halides is 1. The molecule has 0 aromatic heterocycles. The first kappa shape index (κ1) is 11.3. The van der Waals surface area contributed by atoms with E-state index in [-0.39, 0.29) is 18.0 Å². The lowest BCUT2D eigenvalue weighted by molar-refractivity contribution is 0.306. The van der Waals surface area contributed by atoms with Crippen LogP contribution in [0.3, 0.4) is 0 Å². The summed E-state index contributed by atoms with van der Waals surface area (Å²) in [5.41, 5.74) is 4.45. The first-order valence-corrected chi connectivity index (χ1v) is 4.43. The fourth-order valence-corrected chi connectivity index (χ4v) is 1.29. The molecule has 0 saturated carbocycles. The summed E-state index contributed by atoms with van der Waals surface area (Å²) in [6.07, 6.45) is -1.88. The van der Waals surface area contributed by atoms with Crippen LogP contribution in [0.5, 0.6) is 0 Å². The van der Waals surface area contributed by atoms with Crippen molar-refractivity contribution in [2.24, 2.45) is 5.73 Å². The Labute approximate surface area is 84.7 Å². The summed E-state index contributed by atoms with van der Waals surface area (Å²) in [5, 5.41) is -0.291. The topological polar surface area (TPSA) is 26.0 Å². The van der Waals surface area contributed by atoms with Crippen LogP contribution in [0.25, 0.3) is 0 Å². The molecule has 0 amide bonds. The van der Waals surface area contributed by atoms with Crippen LogP contribution in [0.2, 0.25) is 5.02 Å². The monoisotopic (exact) mass is 223 g/mol. The van der Waals surface area contributed by atoms with Gasteiger partial charge in [0.15, 0.2) is 5.82 Å². The van der Waals surface area contributed by atoms with Gasteiger partial charge in [0.2, 0.25) is 0 Å². The number of hydrogen-bond donors (Lipinski definition) is 1. The Balaban J connectivity index is 3.11. The highest BCUT2D eigenvalue weighted by atomic mass is 35.5. The Morgan fingerprint density at radius 2 is 2.00 bits per heavy atom. The molecule has 5 heteroatoms. The first-order valence-electron chi connectivity index (χ1n) is 4.05. The van der Waals surface area contributed by atoms with Gasteiger partial charge in [-0.1, -0.05) is 11.6 Å². The minimum absolute atomic E-state index is 0.0204. The van der Waals surface area contributed by atoms with E-state index in [2.05, 4.69) is 0 Å². The van der Waals surface area contributed by atoms with Crippen LogP contribution >= 0.6 is 11.6 Å². The van der Waals surface area contributed by atoms with E-state index in [4.69, 9.17) is 17.3 Å². The molecule has 0 aliphatic heterocycles. The zero-order valence-electron chi connectivity index (χ0n) is 7.24. The molecule has 78 valence electrons. The molecule has 1 nitrogen and oxygen atoms in total.